The van der Waals surface area contributed by atoms with Gasteiger partial charge in [0.05, 0.1) is 5.75 Å². The summed E-state index contributed by atoms with van der Waals surface area (Å²) >= 11 is 1.58. The fourth-order valence-corrected chi connectivity index (χ4v) is 3.86. The third kappa shape index (κ3) is 4.48. The SMILES string of the molecule is Cc1cccc([C@H]2SCC(=O)N2[C@@H](C)C(=O)NCCN(C)C)c1. The molecule has 0 radical (unpaired) electrons. The first-order chi connectivity index (χ1) is 10.9. The van der Waals surface area contributed by atoms with Gasteiger partial charge in [-0.25, -0.2) is 0 Å². The van der Waals surface area contributed by atoms with Gasteiger partial charge in [-0.05, 0) is 33.5 Å². The summed E-state index contributed by atoms with van der Waals surface area (Å²) < 4.78 is 0. The molecule has 1 N–H and O–H groups in total. The third-order valence-corrected chi connectivity index (χ3v) is 5.12. The third-order valence-electron chi connectivity index (χ3n) is 3.89. The molecule has 23 heavy (non-hydrogen) atoms. The summed E-state index contributed by atoms with van der Waals surface area (Å²) in [5.41, 5.74) is 2.24. The number of hydrogen-bond donors (Lipinski definition) is 1. The predicted octanol–water partition coefficient (Wildman–Crippen LogP) is 1.64. The van der Waals surface area contributed by atoms with Crippen molar-refractivity contribution < 1.29 is 9.59 Å². The molecule has 0 aromatic heterocycles. The maximum absolute atomic E-state index is 12.4. The van der Waals surface area contributed by atoms with Crippen LogP contribution in [0.2, 0.25) is 0 Å². The summed E-state index contributed by atoms with van der Waals surface area (Å²) in [6, 6.07) is 7.67. The highest BCUT2D eigenvalue weighted by molar-refractivity contribution is 8.00. The van der Waals surface area contributed by atoms with Crippen LogP contribution in [0.3, 0.4) is 0 Å². The molecule has 0 spiro atoms. The van der Waals surface area contributed by atoms with E-state index in [9.17, 15) is 9.59 Å². The van der Waals surface area contributed by atoms with Crippen LogP contribution >= 0.6 is 11.8 Å². The van der Waals surface area contributed by atoms with Gasteiger partial charge in [0, 0.05) is 13.1 Å². The van der Waals surface area contributed by atoms with Crippen molar-refractivity contribution in [3.05, 3.63) is 35.4 Å². The molecule has 1 aliphatic rings. The summed E-state index contributed by atoms with van der Waals surface area (Å²) in [6.07, 6.45) is 0. The standard InChI is InChI=1S/C17H25N3O2S/c1-12-6-5-7-14(10-12)17-20(15(21)11-23-17)13(2)16(22)18-8-9-19(3)4/h5-7,10,13,17H,8-9,11H2,1-4H3,(H,18,22)/t13-,17+/m0/s1. The highest BCUT2D eigenvalue weighted by Gasteiger charge is 2.38. The number of hydrogen-bond acceptors (Lipinski definition) is 4. The van der Waals surface area contributed by atoms with Crippen LogP contribution in [0.1, 0.15) is 23.4 Å². The lowest BCUT2D eigenvalue weighted by molar-refractivity contribution is -0.137. The zero-order valence-corrected chi connectivity index (χ0v) is 15.0. The molecule has 2 rings (SSSR count). The van der Waals surface area contributed by atoms with E-state index in [2.05, 4.69) is 11.4 Å². The van der Waals surface area contributed by atoms with Crippen molar-refractivity contribution in [1.29, 1.82) is 0 Å². The number of likely N-dealkylation sites (N-methyl/N-ethyl adjacent to an activating group) is 1. The average molecular weight is 335 g/mol. The molecule has 2 amide bonds. The fourth-order valence-electron chi connectivity index (χ4n) is 2.61. The van der Waals surface area contributed by atoms with Gasteiger partial charge in [-0.3, -0.25) is 9.59 Å². The van der Waals surface area contributed by atoms with Crippen molar-refractivity contribution in [2.24, 2.45) is 0 Å². The Labute approximate surface area is 142 Å². The molecule has 1 saturated heterocycles. The van der Waals surface area contributed by atoms with E-state index in [1.54, 1.807) is 23.6 Å². The second-order valence-corrected chi connectivity index (χ2v) is 7.22. The Balaban J connectivity index is 2.08. The van der Waals surface area contributed by atoms with Gasteiger partial charge in [0.15, 0.2) is 0 Å². The number of benzene rings is 1. The summed E-state index contributed by atoms with van der Waals surface area (Å²) in [6.45, 7) is 5.20. The molecule has 1 aromatic carbocycles. The largest absolute Gasteiger partial charge is 0.353 e. The van der Waals surface area contributed by atoms with Crippen molar-refractivity contribution in [2.45, 2.75) is 25.3 Å². The summed E-state index contributed by atoms with van der Waals surface area (Å²) in [4.78, 5) is 28.4. The fraction of sp³-hybridized carbons (Fsp3) is 0.529. The lowest BCUT2D eigenvalue weighted by atomic mass is 10.1. The van der Waals surface area contributed by atoms with E-state index in [1.807, 2.05) is 44.1 Å². The lowest BCUT2D eigenvalue weighted by Crippen LogP contribution is -2.47. The second-order valence-electron chi connectivity index (χ2n) is 6.15. The molecule has 2 atom stereocenters. The van der Waals surface area contributed by atoms with Crippen molar-refractivity contribution in [2.75, 3.05) is 32.9 Å². The van der Waals surface area contributed by atoms with Gasteiger partial charge in [0.2, 0.25) is 11.8 Å². The molecule has 1 aromatic rings. The summed E-state index contributed by atoms with van der Waals surface area (Å²) in [5.74, 6) is 0.352. The zero-order chi connectivity index (χ0) is 17.0. The Hall–Kier alpha value is -1.53. The molecule has 1 fully saturated rings. The Kier molecular flexibility index (Phi) is 6.07. The molecular weight excluding hydrogens is 310 g/mol. The Morgan fingerprint density at radius 1 is 1.48 bits per heavy atom. The van der Waals surface area contributed by atoms with Gasteiger partial charge >= 0.3 is 0 Å². The van der Waals surface area contributed by atoms with Crippen LogP contribution in [0.15, 0.2) is 24.3 Å². The molecule has 0 unspecified atom stereocenters. The van der Waals surface area contributed by atoms with Crippen molar-refractivity contribution >= 4 is 23.6 Å². The van der Waals surface area contributed by atoms with E-state index in [4.69, 9.17) is 0 Å². The Bertz CT molecular complexity index is 577. The topological polar surface area (TPSA) is 52.7 Å². The first kappa shape index (κ1) is 17.8. The Morgan fingerprint density at radius 2 is 2.22 bits per heavy atom. The molecule has 1 aliphatic heterocycles. The van der Waals surface area contributed by atoms with Crippen molar-refractivity contribution in [3.8, 4) is 0 Å². The minimum absolute atomic E-state index is 0.0248. The molecule has 5 nitrogen and oxygen atoms in total. The van der Waals surface area contributed by atoms with Crippen LogP contribution in [-0.2, 0) is 9.59 Å². The van der Waals surface area contributed by atoms with E-state index >= 15 is 0 Å². The van der Waals surface area contributed by atoms with Gasteiger partial charge < -0.3 is 15.1 Å². The highest BCUT2D eigenvalue weighted by Crippen LogP contribution is 2.40. The smallest absolute Gasteiger partial charge is 0.242 e. The van der Waals surface area contributed by atoms with Gasteiger partial charge in [-0.2, -0.15) is 0 Å². The van der Waals surface area contributed by atoms with Crippen LogP contribution in [0, 0.1) is 6.92 Å². The molecule has 0 bridgehead atoms. The first-order valence-electron chi connectivity index (χ1n) is 7.82. The molecule has 126 valence electrons. The number of aryl methyl sites for hydroxylation is 1. The van der Waals surface area contributed by atoms with Crippen LogP contribution in [-0.4, -0.2) is 60.6 Å². The molecule has 6 heteroatoms. The maximum atomic E-state index is 12.4. The van der Waals surface area contributed by atoms with Gasteiger partial charge in [0.1, 0.15) is 11.4 Å². The lowest BCUT2D eigenvalue weighted by Gasteiger charge is -2.30. The van der Waals surface area contributed by atoms with Crippen molar-refractivity contribution in [1.82, 2.24) is 15.1 Å². The minimum atomic E-state index is -0.467. The van der Waals surface area contributed by atoms with E-state index in [1.165, 1.54) is 0 Å². The Morgan fingerprint density at radius 3 is 2.87 bits per heavy atom. The highest BCUT2D eigenvalue weighted by atomic mass is 32.2. The molecule has 0 aliphatic carbocycles. The summed E-state index contributed by atoms with van der Waals surface area (Å²) in [7, 11) is 3.92. The number of nitrogens with one attached hydrogen (secondary N) is 1. The minimum Gasteiger partial charge on any atom is -0.353 e. The second kappa shape index (κ2) is 7.84. The zero-order valence-electron chi connectivity index (χ0n) is 14.2. The number of carbonyl (C=O) groups is 2. The number of rotatable bonds is 6. The van der Waals surface area contributed by atoms with E-state index in [0.717, 1.165) is 17.7 Å². The van der Waals surface area contributed by atoms with E-state index < -0.39 is 6.04 Å². The van der Waals surface area contributed by atoms with Crippen LogP contribution < -0.4 is 5.32 Å². The van der Waals surface area contributed by atoms with Gasteiger partial charge in [-0.1, -0.05) is 29.8 Å². The number of amides is 2. The maximum Gasteiger partial charge on any atom is 0.242 e. The van der Waals surface area contributed by atoms with Crippen LogP contribution in [0.4, 0.5) is 0 Å². The molecule has 0 saturated carbocycles. The number of nitrogens with zero attached hydrogens (tertiary/aromatic N) is 2. The predicted molar refractivity (Wildman–Crippen MR) is 94.2 cm³/mol. The van der Waals surface area contributed by atoms with Crippen LogP contribution in [0.5, 0.6) is 0 Å². The average Bonchev–Trinajstić information content (AvgIpc) is 2.87. The van der Waals surface area contributed by atoms with Crippen LogP contribution in [0.25, 0.3) is 0 Å². The first-order valence-corrected chi connectivity index (χ1v) is 8.87. The number of thioether (sulfide) groups is 1. The monoisotopic (exact) mass is 335 g/mol. The van der Waals surface area contributed by atoms with Gasteiger partial charge in [-0.15, -0.1) is 11.8 Å². The van der Waals surface area contributed by atoms with Gasteiger partial charge in [0.25, 0.3) is 0 Å². The molecular formula is C17H25N3O2S. The van der Waals surface area contributed by atoms with E-state index in [-0.39, 0.29) is 17.2 Å². The summed E-state index contributed by atoms with van der Waals surface area (Å²) in [5, 5.41) is 2.82. The quantitative estimate of drug-likeness (QED) is 0.859. The number of carbonyl (C=O) groups excluding carboxylic acids is 2. The normalized spacial score (nSPS) is 19.3. The van der Waals surface area contributed by atoms with E-state index in [0.29, 0.717) is 12.3 Å². The molecule has 1 heterocycles. The van der Waals surface area contributed by atoms with Crippen molar-refractivity contribution in [3.63, 3.8) is 0 Å².